The number of nitrogens with zero attached hydrogens (tertiary/aromatic N) is 1. The van der Waals surface area contributed by atoms with Crippen LogP contribution in [0.3, 0.4) is 0 Å². The number of methoxy groups -OCH3 is 1. The van der Waals surface area contributed by atoms with Gasteiger partial charge < -0.3 is 15.8 Å². The monoisotopic (exact) mass is 267 g/mol. The van der Waals surface area contributed by atoms with Crippen molar-refractivity contribution in [2.24, 2.45) is 11.7 Å². The van der Waals surface area contributed by atoms with Gasteiger partial charge in [-0.05, 0) is 12.0 Å². The summed E-state index contributed by atoms with van der Waals surface area (Å²) in [5.74, 6) is -0.199. The second-order valence-corrected chi connectivity index (χ2v) is 4.41. The van der Waals surface area contributed by atoms with Crippen LogP contribution in [0.2, 0.25) is 0 Å². The highest BCUT2D eigenvalue weighted by molar-refractivity contribution is 5.84. The third-order valence-corrected chi connectivity index (χ3v) is 2.68. The summed E-state index contributed by atoms with van der Waals surface area (Å²) >= 11 is 0. The fraction of sp³-hybridized carbons (Fsp3) is 0.417. The minimum atomic E-state index is -0.689. The first kappa shape index (κ1) is 14.7. The summed E-state index contributed by atoms with van der Waals surface area (Å²) in [5.41, 5.74) is 5.36. The highest BCUT2D eigenvalue weighted by Gasteiger charge is 2.23. The van der Waals surface area contributed by atoms with Crippen LogP contribution in [0.25, 0.3) is 0 Å². The molecule has 0 aliphatic rings. The summed E-state index contributed by atoms with van der Waals surface area (Å²) in [7, 11) is 1.46. The van der Waals surface area contributed by atoms with E-state index >= 15 is 0 Å². The van der Waals surface area contributed by atoms with Crippen LogP contribution in [0.15, 0.2) is 18.2 Å². The number of carbonyl (C=O) groups excluding carboxylic acids is 1. The molecule has 0 heterocycles. The zero-order chi connectivity index (χ0) is 14.6. The van der Waals surface area contributed by atoms with Gasteiger partial charge in [0.25, 0.3) is 5.69 Å². The van der Waals surface area contributed by atoms with Gasteiger partial charge in [0.2, 0.25) is 5.91 Å². The number of ether oxygens (including phenoxy) is 1. The van der Waals surface area contributed by atoms with Gasteiger partial charge in [-0.25, -0.2) is 0 Å². The predicted octanol–water partition coefficient (Wildman–Crippen LogP) is 1.53. The van der Waals surface area contributed by atoms with Crippen LogP contribution in [0.4, 0.5) is 11.4 Å². The molecule has 7 heteroatoms. The van der Waals surface area contributed by atoms with Crippen molar-refractivity contribution >= 4 is 17.3 Å². The maximum Gasteiger partial charge on any atom is 0.292 e. The molecule has 0 radical (unpaired) electrons. The topological polar surface area (TPSA) is 107 Å². The van der Waals surface area contributed by atoms with Crippen molar-refractivity contribution in [2.75, 3.05) is 12.4 Å². The van der Waals surface area contributed by atoms with Gasteiger partial charge >= 0.3 is 0 Å². The first-order valence-corrected chi connectivity index (χ1v) is 5.75. The Morgan fingerprint density at radius 2 is 2.11 bits per heavy atom. The number of nitro groups is 1. The summed E-state index contributed by atoms with van der Waals surface area (Å²) in [6.45, 7) is 3.60. The summed E-state index contributed by atoms with van der Waals surface area (Å²) in [6, 6.07) is 3.58. The molecule has 19 heavy (non-hydrogen) atoms. The second kappa shape index (κ2) is 6.03. The largest absolute Gasteiger partial charge is 0.497 e. The number of anilines is 1. The van der Waals surface area contributed by atoms with Crippen LogP contribution in [-0.2, 0) is 4.79 Å². The zero-order valence-corrected chi connectivity index (χ0v) is 11.0. The van der Waals surface area contributed by atoms with Crippen LogP contribution >= 0.6 is 0 Å². The van der Waals surface area contributed by atoms with Crippen LogP contribution in [-0.4, -0.2) is 24.0 Å². The van der Waals surface area contributed by atoms with E-state index < -0.39 is 16.9 Å². The van der Waals surface area contributed by atoms with Crippen molar-refractivity contribution in [3.63, 3.8) is 0 Å². The van der Waals surface area contributed by atoms with Crippen molar-refractivity contribution in [3.8, 4) is 5.75 Å². The van der Waals surface area contributed by atoms with Crippen molar-refractivity contribution in [2.45, 2.75) is 19.9 Å². The summed E-state index contributed by atoms with van der Waals surface area (Å²) in [4.78, 5) is 21.8. The molecule has 1 amide bonds. The van der Waals surface area contributed by atoms with E-state index in [9.17, 15) is 14.9 Å². The van der Waals surface area contributed by atoms with Crippen LogP contribution in [0.1, 0.15) is 13.8 Å². The van der Waals surface area contributed by atoms with Crippen LogP contribution in [0.5, 0.6) is 5.75 Å². The van der Waals surface area contributed by atoms with E-state index in [2.05, 4.69) is 5.32 Å². The fourth-order valence-corrected chi connectivity index (χ4v) is 1.65. The number of nitrogens with two attached hydrogens (primary N) is 1. The molecule has 1 aromatic rings. The molecule has 1 atom stereocenters. The molecule has 0 bridgehead atoms. The second-order valence-electron chi connectivity index (χ2n) is 4.41. The van der Waals surface area contributed by atoms with Gasteiger partial charge in [0, 0.05) is 12.1 Å². The SMILES string of the molecule is COc1ccc([N+](=O)[O-])c(NC(C(N)=O)C(C)C)c1. The van der Waals surface area contributed by atoms with Crippen LogP contribution < -0.4 is 15.8 Å². The first-order valence-electron chi connectivity index (χ1n) is 5.75. The molecule has 0 saturated heterocycles. The van der Waals surface area contributed by atoms with Crippen molar-refractivity contribution in [1.82, 2.24) is 0 Å². The molecule has 0 aliphatic carbocycles. The minimum Gasteiger partial charge on any atom is -0.497 e. The molecule has 1 rings (SSSR count). The molecule has 0 aromatic heterocycles. The Hall–Kier alpha value is -2.31. The number of hydrogen-bond acceptors (Lipinski definition) is 5. The number of carbonyl (C=O) groups is 1. The molecular formula is C12H17N3O4. The zero-order valence-electron chi connectivity index (χ0n) is 11.0. The molecular weight excluding hydrogens is 250 g/mol. The van der Waals surface area contributed by atoms with Gasteiger partial charge in [-0.15, -0.1) is 0 Å². The molecule has 0 saturated carbocycles. The quantitative estimate of drug-likeness (QED) is 0.600. The molecule has 7 nitrogen and oxygen atoms in total. The lowest BCUT2D eigenvalue weighted by atomic mass is 10.0. The first-order chi connectivity index (χ1) is 8.86. The molecule has 0 aliphatic heterocycles. The Bertz CT molecular complexity index is 488. The Morgan fingerprint density at radius 3 is 2.53 bits per heavy atom. The summed E-state index contributed by atoms with van der Waals surface area (Å²) < 4.78 is 5.01. The summed E-state index contributed by atoms with van der Waals surface area (Å²) in [5, 5.41) is 13.8. The van der Waals surface area contributed by atoms with Crippen molar-refractivity contribution in [1.29, 1.82) is 0 Å². The van der Waals surface area contributed by atoms with Gasteiger partial charge in [0.05, 0.1) is 12.0 Å². The number of nitro benzene ring substituents is 1. The number of nitrogens with one attached hydrogen (secondary N) is 1. The number of hydrogen-bond donors (Lipinski definition) is 2. The van der Waals surface area contributed by atoms with E-state index in [0.29, 0.717) is 5.75 Å². The maximum atomic E-state index is 11.3. The highest BCUT2D eigenvalue weighted by atomic mass is 16.6. The molecule has 0 fully saturated rings. The number of primary amides is 1. The van der Waals surface area contributed by atoms with Crippen LogP contribution in [0, 0.1) is 16.0 Å². The number of benzene rings is 1. The molecule has 1 unspecified atom stereocenters. The van der Waals surface area contributed by atoms with E-state index in [1.165, 1.54) is 25.3 Å². The van der Waals surface area contributed by atoms with Crippen molar-refractivity contribution < 1.29 is 14.5 Å². The Balaban J connectivity index is 3.15. The number of amides is 1. The normalized spacial score (nSPS) is 12.0. The average molecular weight is 267 g/mol. The van der Waals surface area contributed by atoms with E-state index in [1.54, 1.807) is 13.8 Å². The maximum absolute atomic E-state index is 11.3. The number of rotatable bonds is 6. The highest BCUT2D eigenvalue weighted by Crippen LogP contribution is 2.30. The van der Waals surface area contributed by atoms with Gasteiger partial charge in [-0.1, -0.05) is 13.8 Å². The van der Waals surface area contributed by atoms with Gasteiger partial charge in [-0.3, -0.25) is 14.9 Å². The Labute approximate surface area is 110 Å². The Kier molecular flexibility index (Phi) is 4.68. The van der Waals surface area contributed by atoms with Crippen molar-refractivity contribution in [3.05, 3.63) is 28.3 Å². The Morgan fingerprint density at radius 1 is 1.47 bits per heavy atom. The third-order valence-electron chi connectivity index (χ3n) is 2.68. The van der Waals surface area contributed by atoms with Gasteiger partial charge in [0.1, 0.15) is 17.5 Å². The predicted molar refractivity (Wildman–Crippen MR) is 71.1 cm³/mol. The van der Waals surface area contributed by atoms with Gasteiger partial charge in [-0.2, -0.15) is 0 Å². The van der Waals surface area contributed by atoms with E-state index in [-0.39, 0.29) is 17.3 Å². The lowest BCUT2D eigenvalue weighted by molar-refractivity contribution is -0.384. The molecule has 104 valence electrons. The molecule has 0 spiro atoms. The van der Waals surface area contributed by atoms with E-state index in [4.69, 9.17) is 10.5 Å². The van der Waals surface area contributed by atoms with Gasteiger partial charge in [0.15, 0.2) is 0 Å². The fourth-order valence-electron chi connectivity index (χ4n) is 1.65. The van der Waals surface area contributed by atoms with E-state index in [0.717, 1.165) is 0 Å². The third kappa shape index (κ3) is 3.57. The lowest BCUT2D eigenvalue weighted by Crippen LogP contribution is -2.39. The minimum absolute atomic E-state index is 0.0942. The lowest BCUT2D eigenvalue weighted by Gasteiger charge is -2.20. The van der Waals surface area contributed by atoms with E-state index in [1.807, 2.05) is 0 Å². The smallest absolute Gasteiger partial charge is 0.292 e. The summed E-state index contributed by atoms with van der Waals surface area (Å²) in [6.07, 6.45) is 0. The standard InChI is InChI=1S/C12H17N3O4/c1-7(2)11(12(13)16)14-9-6-8(19-3)4-5-10(9)15(17)18/h4-7,11,14H,1-3H3,(H2,13,16). The molecule has 1 aromatic carbocycles. The molecule has 3 N–H and O–H groups in total. The average Bonchev–Trinajstić information content (AvgIpc) is 2.34.